The molecule has 6 heteroatoms. The van der Waals surface area contributed by atoms with Crippen LogP contribution in [0.15, 0.2) is 54.9 Å². The predicted molar refractivity (Wildman–Crippen MR) is 109 cm³/mol. The van der Waals surface area contributed by atoms with Gasteiger partial charge < -0.3 is 0 Å². The van der Waals surface area contributed by atoms with Crippen molar-refractivity contribution >= 4 is 5.65 Å². The van der Waals surface area contributed by atoms with E-state index in [-0.39, 0.29) is 17.1 Å². The van der Waals surface area contributed by atoms with Gasteiger partial charge in [-0.3, -0.25) is 4.40 Å². The third-order valence-corrected chi connectivity index (χ3v) is 4.54. The van der Waals surface area contributed by atoms with Crippen LogP contribution in [-0.4, -0.2) is 19.4 Å². The Morgan fingerprint density at radius 2 is 1.83 bits per heavy atom. The Morgan fingerprint density at radius 3 is 2.52 bits per heavy atom. The highest BCUT2D eigenvalue weighted by atomic mass is 19.1. The van der Waals surface area contributed by atoms with Crippen LogP contribution >= 0.6 is 0 Å². The van der Waals surface area contributed by atoms with Crippen LogP contribution in [0.2, 0.25) is 0 Å². The summed E-state index contributed by atoms with van der Waals surface area (Å²) in [7, 11) is 0. The molecule has 4 rings (SSSR count). The van der Waals surface area contributed by atoms with Gasteiger partial charge in [-0.15, -0.1) is 0 Å². The van der Waals surface area contributed by atoms with Crippen molar-refractivity contribution < 1.29 is 4.39 Å². The molecule has 0 radical (unpaired) electrons. The Labute approximate surface area is 168 Å². The number of imidazole rings is 1. The van der Waals surface area contributed by atoms with Crippen LogP contribution in [-0.2, 0) is 6.42 Å². The number of pyridine rings is 1. The highest BCUT2D eigenvalue weighted by molar-refractivity contribution is 5.80. The van der Waals surface area contributed by atoms with E-state index in [4.69, 9.17) is 4.98 Å². The zero-order valence-corrected chi connectivity index (χ0v) is 16.5. The minimum atomic E-state index is -0.305. The van der Waals surface area contributed by atoms with E-state index in [1.165, 1.54) is 17.7 Å². The molecule has 0 N–H and O–H groups in total. The highest BCUT2D eigenvalue weighted by Crippen LogP contribution is 2.32. The van der Waals surface area contributed by atoms with Gasteiger partial charge in [-0.05, 0) is 59.9 Å². The maximum atomic E-state index is 13.5. The van der Waals surface area contributed by atoms with Crippen LogP contribution in [0, 0.1) is 22.6 Å². The van der Waals surface area contributed by atoms with Crippen molar-refractivity contribution in [3.8, 4) is 28.7 Å². The van der Waals surface area contributed by atoms with E-state index in [2.05, 4.69) is 42.9 Å². The van der Waals surface area contributed by atoms with Gasteiger partial charge in [0.2, 0.25) is 5.82 Å². The van der Waals surface area contributed by atoms with Crippen molar-refractivity contribution in [2.24, 2.45) is 5.41 Å². The summed E-state index contributed by atoms with van der Waals surface area (Å²) in [5.41, 5.74) is 4.91. The maximum Gasteiger partial charge on any atom is 0.232 e. The van der Waals surface area contributed by atoms with Crippen molar-refractivity contribution in [2.45, 2.75) is 27.2 Å². The zero-order valence-electron chi connectivity index (χ0n) is 16.5. The first-order chi connectivity index (χ1) is 13.8. The Hall–Kier alpha value is -3.59. The highest BCUT2D eigenvalue weighted by Gasteiger charge is 2.19. The number of fused-ring (bicyclic) bond motifs is 1. The standard InChI is InChI=1S/C23H20FN5/c1-23(2,3)13-15-9-11-29-20(12-15)28-21(16-4-6-17(24)7-5-16)22(29)18-8-10-26-19(14-25)27-18/h4-12H,13H2,1-3H3. The SMILES string of the molecule is CC(C)(C)Cc1ccn2c(-c3ccnc(C#N)n3)c(-c3ccc(F)cc3)nc2c1. The van der Waals surface area contributed by atoms with E-state index in [9.17, 15) is 9.65 Å². The molecule has 5 nitrogen and oxygen atoms in total. The molecule has 0 atom stereocenters. The number of halogens is 1. The Bertz CT molecular complexity index is 1230. The minimum Gasteiger partial charge on any atom is -0.298 e. The first kappa shape index (κ1) is 18.8. The number of nitriles is 1. The second kappa shape index (κ2) is 7.10. The molecule has 29 heavy (non-hydrogen) atoms. The van der Waals surface area contributed by atoms with Crippen LogP contribution in [0.4, 0.5) is 4.39 Å². The molecular formula is C23H20FN5. The van der Waals surface area contributed by atoms with Crippen LogP contribution in [0.1, 0.15) is 32.2 Å². The average Bonchev–Trinajstić information content (AvgIpc) is 3.06. The Kier molecular flexibility index (Phi) is 4.59. The van der Waals surface area contributed by atoms with Crippen molar-refractivity contribution in [3.05, 3.63) is 72.1 Å². The second-order valence-electron chi connectivity index (χ2n) is 8.19. The van der Waals surface area contributed by atoms with E-state index in [1.807, 2.05) is 16.7 Å². The number of benzene rings is 1. The molecule has 0 aliphatic heterocycles. The lowest BCUT2D eigenvalue weighted by Gasteiger charge is -2.18. The van der Waals surface area contributed by atoms with Gasteiger partial charge in [0.1, 0.15) is 17.5 Å². The van der Waals surface area contributed by atoms with E-state index >= 15 is 0 Å². The first-order valence-electron chi connectivity index (χ1n) is 9.34. The first-order valence-corrected chi connectivity index (χ1v) is 9.34. The molecule has 0 amide bonds. The van der Waals surface area contributed by atoms with Crippen LogP contribution in [0.5, 0.6) is 0 Å². The van der Waals surface area contributed by atoms with E-state index in [0.29, 0.717) is 11.4 Å². The van der Waals surface area contributed by atoms with Crippen molar-refractivity contribution in [1.82, 2.24) is 19.4 Å². The number of rotatable bonds is 3. The maximum absolute atomic E-state index is 13.5. The van der Waals surface area contributed by atoms with Crippen LogP contribution < -0.4 is 0 Å². The molecule has 0 bridgehead atoms. The summed E-state index contributed by atoms with van der Waals surface area (Å²) in [6.45, 7) is 6.59. The summed E-state index contributed by atoms with van der Waals surface area (Å²) >= 11 is 0. The quantitative estimate of drug-likeness (QED) is 0.494. The minimum absolute atomic E-state index is 0.0897. The molecule has 3 aromatic heterocycles. The molecule has 0 fully saturated rings. The number of hydrogen-bond donors (Lipinski definition) is 0. The van der Waals surface area contributed by atoms with Gasteiger partial charge in [0.15, 0.2) is 0 Å². The molecule has 0 aliphatic rings. The van der Waals surface area contributed by atoms with Gasteiger partial charge >= 0.3 is 0 Å². The van der Waals surface area contributed by atoms with Crippen molar-refractivity contribution in [2.75, 3.05) is 0 Å². The van der Waals surface area contributed by atoms with E-state index in [0.717, 1.165) is 23.3 Å². The fraction of sp³-hybridized carbons (Fsp3) is 0.217. The summed E-state index contributed by atoms with van der Waals surface area (Å²) in [6, 6.07) is 14.1. The van der Waals surface area contributed by atoms with Gasteiger partial charge in [0.25, 0.3) is 0 Å². The van der Waals surface area contributed by atoms with Crippen LogP contribution in [0.3, 0.4) is 0 Å². The third kappa shape index (κ3) is 3.85. The monoisotopic (exact) mass is 385 g/mol. The fourth-order valence-corrected chi connectivity index (χ4v) is 3.41. The van der Waals surface area contributed by atoms with Gasteiger partial charge in [-0.1, -0.05) is 20.8 Å². The summed E-state index contributed by atoms with van der Waals surface area (Å²) in [5, 5.41) is 9.20. The molecule has 0 spiro atoms. The fourth-order valence-electron chi connectivity index (χ4n) is 3.41. The summed E-state index contributed by atoms with van der Waals surface area (Å²) in [5.74, 6) is -0.216. The Balaban J connectivity index is 1.96. The largest absolute Gasteiger partial charge is 0.298 e. The molecule has 4 aromatic rings. The molecule has 1 aromatic carbocycles. The van der Waals surface area contributed by atoms with Crippen molar-refractivity contribution in [3.63, 3.8) is 0 Å². The van der Waals surface area contributed by atoms with Gasteiger partial charge in [0.05, 0.1) is 17.1 Å². The van der Waals surface area contributed by atoms with Gasteiger partial charge in [0, 0.05) is 18.0 Å². The summed E-state index contributed by atoms with van der Waals surface area (Å²) in [6.07, 6.45) is 4.45. The number of hydrogen-bond acceptors (Lipinski definition) is 4. The van der Waals surface area contributed by atoms with E-state index < -0.39 is 0 Å². The topological polar surface area (TPSA) is 66.9 Å². The molecule has 0 aliphatic carbocycles. The zero-order chi connectivity index (χ0) is 20.6. The van der Waals surface area contributed by atoms with Crippen molar-refractivity contribution in [1.29, 1.82) is 5.26 Å². The van der Waals surface area contributed by atoms with Gasteiger partial charge in [-0.25, -0.2) is 19.3 Å². The summed E-state index contributed by atoms with van der Waals surface area (Å²) in [4.78, 5) is 13.2. The smallest absolute Gasteiger partial charge is 0.232 e. The molecule has 0 saturated heterocycles. The van der Waals surface area contributed by atoms with Gasteiger partial charge in [-0.2, -0.15) is 5.26 Å². The molecule has 144 valence electrons. The third-order valence-electron chi connectivity index (χ3n) is 4.54. The number of aromatic nitrogens is 4. The normalized spacial score (nSPS) is 11.6. The Morgan fingerprint density at radius 1 is 1.07 bits per heavy atom. The lowest BCUT2D eigenvalue weighted by Crippen LogP contribution is -2.09. The lowest BCUT2D eigenvalue weighted by molar-refractivity contribution is 0.411. The molecular weight excluding hydrogens is 365 g/mol. The van der Waals surface area contributed by atoms with E-state index in [1.54, 1.807) is 24.4 Å². The second-order valence-corrected chi connectivity index (χ2v) is 8.19. The molecule has 0 unspecified atom stereocenters. The predicted octanol–water partition coefficient (Wildman–Crippen LogP) is 5.06. The number of nitrogens with zero attached hydrogens (tertiary/aromatic N) is 5. The lowest BCUT2D eigenvalue weighted by atomic mass is 9.88. The molecule has 3 heterocycles. The average molecular weight is 385 g/mol. The summed E-state index contributed by atoms with van der Waals surface area (Å²) < 4.78 is 15.4. The molecule has 0 saturated carbocycles. The van der Waals surface area contributed by atoms with Crippen LogP contribution in [0.25, 0.3) is 28.3 Å².